The third kappa shape index (κ3) is 6.81. The maximum absolute atomic E-state index is 14.1. The van der Waals surface area contributed by atoms with Crippen molar-refractivity contribution in [2.45, 2.75) is 31.1 Å². The molecule has 1 amide bonds. The number of hydrogen-bond acceptors (Lipinski definition) is 5. The van der Waals surface area contributed by atoms with Crippen LogP contribution >= 0.6 is 0 Å². The van der Waals surface area contributed by atoms with E-state index in [4.69, 9.17) is 4.84 Å². The Bertz CT molecular complexity index is 1290. The average molecular weight is 570 g/mol. The molecule has 0 radical (unpaired) electrons. The molecule has 7 nitrogen and oxygen atoms in total. The summed E-state index contributed by atoms with van der Waals surface area (Å²) in [5.41, 5.74) is -1.26. The number of benzene rings is 2. The lowest BCUT2D eigenvalue weighted by Gasteiger charge is -2.29. The zero-order valence-electron chi connectivity index (χ0n) is 19.6. The van der Waals surface area contributed by atoms with Gasteiger partial charge in [-0.2, -0.15) is 39.5 Å². The van der Waals surface area contributed by atoms with Gasteiger partial charge in [0.2, 0.25) is 11.5 Å². The monoisotopic (exact) mass is 570 g/mol. The van der Waals surface area contributed by atoms with Gasteiger partial charge in [0.1, 0.15) is 13.1 Å². The summed E-state index contributed by atoms with van der Waals surface area (Å²) in [6, 6.07) is 6.50. The zero-order valence-corrected chi connectivity index (χ0v) is 19.6. The van der Waals surface area contributed by atoms with Crippen LogP contribution in [0.1, 0.15) is 27.8 Å². The predicted molar refractivity (Wildman–Crippen MR) is 118 cm³/mol. The van der Waals surface area contributed by atoms with Crippen molar-refractivity contribution >= 4 is 17.4 Å². The van der Waals surface area contributed by atoms with Crippen LogP contribution in [0, 0.1) is 6.92 Å². The van der Waals surface area contributed by atoms with Crippen LogP contribution in [0.3, 0.4) is 0 Å². The van der Waals surface area contributed by atoms with E-state index in [0.29, 0.717) is 18.2 Å². The maximum Gasteiger partial charge on any atom is 0.428 e. The lowest BCUT2D eigenvalue weighted by molar-refractivity contribution is -0.269. The molecule has 1 aliphatic heterocycles. The van der Waals surface area contributed by atoms with Gasteiger partial charge in [0.15, 0.2) is 5.84 Å². The van der Waals surface area contributed by atoms with E-state index in [-0.39, 0.29) is 28.2 Å². The second-order valence-electron chi connectivity index (χ2n) is 8.27. The summed E-state index contributed by atoms with van der Waals surface area (Å²) in [6.07, 6.45) is -14.1. The van der Waals surface area contributed by atoms with E-state index >= 15 is 0 Å². The summed E-state index contributed by atoms with van der Waals surface area (Å²) < 4.78 is 118. The number of hydroxylamine groups is 2. The van der Waals surface area contributed by atoms with E-state index in [1.54, 1.807) is 10.8 Å². The van der Waals surface area contributed by atoms with Crippen molar-refractivity contribution in [1.29, 1.82) is 0 Å². The Morgan fingerprint density at radius 2 is 1.74 bits per heavy atom. The third-order valence-corrected chi connectivity index (χ3v) is 5.47. The second kappa shape index (κ2) is 10.8. The van der Waals surface area contributed by atoms with Crippen LogP contribution in [-0.4, -0.2) is 42.4 Å². The fraction of sp³-hybridized carbons (Fsp3) is 0.304. The van der Waals surface area contributed by atoms with Crippen molar-refractivity contribution in [2.75, 3.05) is 13.1 Å². The number of aliphatic imine (C=N–C) groups is 1. The normalized spacial score (nSPS) is 18.4. The first-order valence-corrected chi connectivity index (χ1v) is 10.8. The minimum atomic E-state index is -5.17. The molecule has 0 aliphatic carbocycles. The molecule has 4 N–H and O–H groups in total. The van der Waals surface area contributed by atoms with Crippen LogP contribution < -0.4 is 16.3 Å². The quantitative estimate of drug-likeness (QED) is 0.174. The molecular formula is C23H19F9N4O3. The lowest BCUT2D eigenvalue weighted by Crippen LogP contribution is -2.42. The van der Waals surface area contributed by atoms with E-state index in [2.05, 4.69) is 10.5 Å². The molecule has 212 valence electrons. The van der Waals surface area contributed by atoms with Crippen molar-refractivity contribution in [3.05, 3.63) is 76.4 Å². The highest BCUT2D eigenvalue weighted by molar-refractivity contribution is 6.00. The predicted octanol–water partition coefficient (Wildman–Crippen LogP) is 4.75. The summed E-state index contributed by atoms with van der Waals surface area (Å²) in [5, 5.41) is 11.0. The molecule has 2 aromatic rings. The second-order valence-corrected chi connectivity index (χ2v) is 8.27. The van der Waals surface area contributed by atoms with E-state index in [1.807, 2.05) is 0 Å². The average Bonchev–Trinajstić information content (AvgIpc) is 3.30. The molecule has 1 aliphatic rings. The van der Waals surface area contributed by atoms with E-state index < -0.39 is 54.3 Å². The van der Waals surface area contributed by atoms with Gasteiger partial charge in [-0.05, 0) is 42.3 Å². The molecule has 1 heterocycles. The Morgan fingerprint density at radius 1 is 1.05 bits per heavy atom. The number of alkyl halides is 9. The Kier molecular flexibility index (Phi) is 8.21. The summed E-state index contributed by atoms with van der Waals surface area (Å²) >= 11 is 0. The molecule has 0 saturated heterocycles. The van der Waals surface area contributed by atoms with E-state index in [9.17, 15) is 49.5 Å². The molecule has 3 rings (SSSR count). The first kappa shape index (κ1) is 29.8. The number of carbonyl (C=O) groups is 1. The third-order valence-electron chi connectivity index (χ3n) is 5.47. The van der Waals surface area contributed by atoms with Crippen molar-refractivity contribution in [3.63, 3.8) is 0 Å². The van der Waals surface area contributed by atoms with E-state index in [1.165, 1.54) is 25.1 Å². The fourth-order valence-electron chi connectivity index (χ4n) is 3.60. The molecule has 0 fully saturated rings. The highest BCUT2D eigenvalue weighted by Crippen LogP contribution is 2.48. The van der Waals surface area contributed by atoms with Gasteiger partial charge in [-0.25, -0.2) is 0 Å². The van der Waals surface area contributed by atoms with Gasteiger partial charge in [-0.1, -0.05) is 24.3 Å². The summed E-state index contributed by atoms with van der Waals surface area (Å²) in [7, 11) is 0. The fourth-order valence-corrected chi connectivity index (χ4v) is 3.60. The van der Waals surface area contributed by atoms with Crippen LogP contribution in [0.5, 0.6) is 0 Å². The number of amides is 1. The number of nitrogens with zero attached hydrogens (tertiary/aromatic N) is 1. The van der Waals surface area contributed by atoms with Crippen LogP contribution in [0.25, 0.3) is 5.70 Å². The maximum atomic E-state index is 14.1. The molecule has 39 heavy (non-hydrogen) atoms. The molecule has 0 aromatic heterocycles. The molecule has 1 atom stereocenters. The van der Waals surface area contributed by atoms with Crippen LogP contribution in [0.4, 0.5) is 39.5 Å². The van der Waals surface area contributed by atoms with Gasteiger partial charge in [0, 0.05) is 11.1 Å². The van der Waals surface area contributed by atoms with Gasteiger partial charge in [-0.3, -0.25) is 30.8 Å². The minimum absolute atomic E-state index is 0.106. The molecule has 2 aromatic carbocycles. The number of amidine groups is 1. The summed E-state index contributed by atoms with van der Waals surface area (Å²) in [5.74, 6) is -1.41. The van der Waals surface area contributed by atoms with Crippen LogP contribution in [0.15, 0.2) is 53.5 Å². The standard InChI is InChI=1S/C23H19F9N4O3/c1-12-7-13(5-6-16(12)19(35-38)33-10-18(37)34-11-21(24,25)26)17-9-20(39-36-17,23(30,31)32)14-3-2-4-15(8-14)22(27,28)29/h2-9,36,38H,10-11H2,1H3,(H,33,35)(H,34,37). The molecule has 16 heteroatoms. The Morgan fingerprint density at radius 3 is 2.31 bits per heavy atom. The van der Waals surface area contributed by atoms with Crippen LogP contribution in [-0.2, 0) is 21.4 Å². The Labute approximate surface area is 214 Å². The molecule has 1 unspecified atom stereocenters. The van der Waals surface area contributed by atoms with Gasteiger partial charge in [0.05, 0.1) is 11.3 Å². The Balaban J connectivity index is 1.91. The smallest absolute Gasteiger partial charge is 0.345 e. The van der Waals surface area contributed by atoms with E-state index in [0.717, 1.165) is 12.1 Å². The summed E-state index contributed by atoms with van der Waals surface area (Å²) in [4.78, 5) is 20.1. The van der Waals surface area contributed by atoms with Gasteiger partial charge in [0.25, 0.3) is 0 Å². The summed E-state index contributed by atoms with van der Waals surface area (Å²) in [6.45, 7) is -0.914. The number of aryl methyl sites for hydroxylation is 1. The first-order chi connectivity index (χ1) is 18.0. The van der Waals surface area contributed by atoms with Gasteiger partial charge >= 0.3 is 18.5 Å². The SMILES string of the molecule is Cc1cc(C2=CC(c3cccc(C(F)(F)F)c3)(C(F)(F)F)ON2)ccc1C(=NCC(=O)NCC(F)(F)F)NO. The number of nitrogens with one attached hydrogen (secondary N) is 3. The number of rotatable bonds is 6. The molecule has 0 spiro atoms. The molecule has 0 bridgehead atoms. The largest absolute Gasteiger partial charge is 0.428 e. The minimum Gasteiger partial charge on any atom is -0.345 e. The molecular weight excluding hydrogens is 551 g/mol. The van der Waals surface area contributed by atoms with Crippen molar-refractivity contribution < 1.29 is 54.4 Å². The highest BCUT2D eigenvalue weighted by Gasteiger charge is 2.60. The number of halogens is 9. The van der Waals surface area contributed by atoms with Crippen molar-refractivity contribution in [1.82, 2.24) is 16.3 Å². The Hall–Kier alpha value is -3.79. The van der Waals surface area contributed by atoms with Crippen LogP contribution in [0.2, 0.25) is 0 Å². The first-order valence-electron chi connectivity index (χ1n) is 10.8. The lowest BCUT2D eigenvalue weighted by atomic mass is 9.90. The highest BCUT2D eigenvalue weighted by atomic mass is 19.4. The van der Waals surface area contributed by atoms with Crippen molar-refractivity contribution in [3.8, 4) is 0 Å². The molecule has 0 saturated carbocycles. The number of carbonyl (C=O) groups excluding carboxylic acids is 1. The zero-order chi connectivity index (χ0) is 29.2. The van der Waals surface area contributed by atoms with Gasteiger partial charge < -0.3 is 5.32 Å². The topological polar surface area (TPSA) is 95.0 Å². The van der Waals surface area contributed by atoms with Gasteiger partial charge in [-0.15, -0.1) is 0 Å². The van der Waals surface area contributed by atoms with Crippen molar-refractivity contribution in [2.24, 2.45) is 4.99 Å². The number of hydrogen-bond donors (Lipinski definition) is 4.